The van der Waals surface area contributed by atoms with E-state index in [2.05, 4.69) is 4.98 Å². The Kier molecular flexibility index (Phi) is 3.39. The zero-order valence-electron chi connectivity index (χ0n) is 9.59. The number of aromatic nitrogens is 2. The molecular weight excluding hydrogens is 220 g/mol. The Labute approximate surface area is 98.7 Å². The van der Waals surface area contributed by atoms with Crippen LogP contribution in [-0.4, -0.2) is 27.1 Å². The molecule has 5 heteroatoms. The third-order valence-corrected chi connectivity index (χ3v) is 2.38. The predicted molar refractivity (Wildman–Crippen MR) is 61.5 cm³/mol. The number of carbonyl (C=O) groups excluding carboxylic acids is 1. The van der Waals surface area contributed by atoms with Gasteiger partial charge < -0.3 is 14.2 Å². The summed E-state index contributed by atoms with van der Waals surface area (Å²) in [6.45, 7) is 2.14. The third-order valence-electron chi connectivity index (χ3n) is 2.38. The van der Waals surface area contributed by atoms with Crippen LogP contribution in [0.25, 0.3) is 5.65 Å². The van der Waals surface area contributed by atoms with E-state index >= 15 is 0 Å². The minimum atomic E-state index is -0.279. The summed E-state index contributed by atoms with van der Waals surface area (Å²) in [7, 11) is 0. The molecule has 0 aliphatic heterocycles. The van der Waals surface area contributed by atoms with Crippen molar-refractivity contribution in [3.05, 3.63) is 35.8 Å². The zero-order chi connectivity index (χ0) is 12.3. The van der Waals surface area contributed by atoms with Crippen LogP contribution in [0.1, 0.15) is 18.2 Å². The van der Waals surface area contributed by atoms with Crippen molar-refractivity contribution < 1.29 is 14.6 Å². The Bertz CT molecular complexity index is 534. The standard InChI is InChI=1S/C12H14N2O3/c1-2-17-12(16)5-10-7-14-6-9(8-15)3-4-11(14)13-10/h3-4,6-7,15H,2,5,8H2,1H3. The molecule has 0 saturated carbocycles. The molecule has 17 heavy (non-hydrogen) atoms. The summed E-state index contributed by atoms with van der Waals surface area (Å²) in [6, 6.07) is 3.61. The number of esters is 1. The second kappa shape index (κ2) is 4.97. The van der Waals surface area contributed by atoms with Gasteiger partial charge in [0.2, 0.25) is 0 Å². The van der Waals surface area contributed by atoms with E-state index in [9.17, 15) is 4.79 Å². The van der Waals surface area contributed by atoms with Crippen LogP contribution >= 0.6 is 0 Å². The summed E-state index contributed by atoms with van der Waals surface area (Å²) in [5.74, 6) is -0.279. The van der Waals surface area contributed by atoms with Crippen molar-refractivity contribution in [2.24, 2.45) is 0 Å². The van der Waals surface area contributed by atoms with Crippen molar-refractivity contribution in [3.63, 3.8) is 0 Å². The molecule has 0 radical (unpaired) electrons. The monoisotopic (exact) mass is 234 g/mol. The number of hydrogen-bond donors (Lipinski definition) is 1. The minimum absolute atomic E-state index is 0.0126. The van der Waals surface area contributed by atoms with Gasteiger partial charge >= 0.3 is 5.97 Å². The molecule has 0 spiro atoms. The largest absolute Gasteiger partial charge is 0.466 e. The van der Waals surface area contributed by atoms with Crippen LogP contribution in [0.5, 0.6) is 0 Å². The fourth-order valence-electron chi connectivity index (χ4n) is 1.63. The van der Waals surface area contributed by atoms with Crippen molar-refractivity contribution in [1.29, 1.82) is 0 Å². The van der Waals surface area contributed by atoms with Crippen LogP contribution in [0.4, 0.5) is 0 Å². The molecule has 1 N–H and O–H groups in total. The molecule has 0 aliphatic rings. The summed E-state index contributed by atoms with van der Waals surface area (Å²) in [4.78, 5) is 15.6. The number of aliphatic hydroxyl groups is 1. The van der Waals surface area contributed by atoms with Gasteiger partial charge in [-0.25, -0.2) is 4.98 Å². The van der Waals surface area contributed by atoms with Crippen molar-refractivity contribution in [2.45, 2.75) is 20.0 Å². The Morgan fingerprint density at radius 3 is 3.00 bits per heavy atom. The van der Waals surface area contributed by atoms with E-state index in [0.717, 1.165) is 11.2 Å². The molecule has 0 amide bonds. The number of carbonyl (C=O) groups is 1. The number of hydrogen-bond acceptors (Lipinski definition) is 4. The number of ether oxygens (including phenoxy) is 1. The Hall–Kier alpha value is -1.88. The van der Waals surface area contributed by atoms with E-state index in [4.69, 9.17) is 9.84 Å². The number of fused-ring (bicyclic) bond motifs is 1. The predicted octanol–water partition coefficient (Wildman–Crippen LogP) is 0.932. The van der Waals surface area contributed by atoms with E-state index in [-0.39, 0.29) is 19.0 Å². The molecule has 0 fully saturated rings. The summed E-state index contributed by atoms with van der Waals surface area (Å²) < 4.78 is 6.65. The average Bonchev–Trinajstić information content (AvgIpc) is 2.69. The molecule has 2 heterocycles. The molecule has 0 aromatic carbocycles. The Balaban J connectivity index is 2.22. The molecule has 5 nitrogen and oxygen atoms in total. The third kappa shape index (κ3) is 2.62. The maximum atomic E-state index is 11.3. The van der Waals surface area contributed by atoms with E-state index in [1.807, 2.05) is 0 Å². The van der Waals surface area contributed by atoms with Gasteiger partial charge in [-0.2, -0.15) is 0 Å². The number of imidazole rings is 1. The van der Waals surface area contributed by atoms with Crippen LogP contribution in [0.15, 0.2) is 24.5 Å². The maximum Gasteiger partial charge on any atom is 0.311 e. The van der Waals surface area contributed by atoms with Gasteiger partial charge in [-0.1, -0.05) is 6.07 Å². The maximum absolute atomic E-state index is 11.3. The number of aliphatic hydroxyl groups excluding tert-OH is 1. The molecule has 0 atom stereocenters. The lowest BCUT2D eigenvalue weighted by molar-refractivity contribution is -0.142. The quantitative estimate of drug-likeness (QED) is 0.799. The molecule has 2 aromatic rings. The summed E-state index contributed by atoms with van der Waals surface area (Å²) >= 11 is 0. The van der Waals surface area contributed by atoms with Crippen molar-refractivity contribution in [2.75, 3.05) is 6.61 Å². The van der Waals surface area contributed by atoms with Crippen molar-refractivity contribution in [1.82, 2.24) is 9.38 Å². The van der Waals surface area contributed by atoms with Crippen LogP contribution in [0.2, 0.25) is 0 Å². The first-order valence-corrected chi connectivity index (χ1v) is 5.46. The normalized spacial score (nSPS) is 10.7. The van der Waals surface area contributed by atoms with E-state index in [0.29, 0.717) is 12.3 Å². The second-order valence-corrected chi connectivity index (χ2v) is 3.67. The van der Waals surface area contributed by atoms with E-state index in [1.165, 1.54) is 0 Å². The molecule has 0 saturated heterocycles. The van der Waals surface area contributed by atoms with Crippen LogP contribution in [0, 0.1) is 0 Å². The van der Waals surface area contributed by atoms with Gasteiger partial charge in [-0.05, 0) is 18.6 Å². The molecule has 2 rings (SSSR count). The van der Waals surface area contributed by atoms with Gasteiger partial charge in [0.15, 0.2) is 0 Å². The van der Waals surface area contributed by atoms with Gasteiger partial charge in [0.05, 0.1) is 25.3 Å². The topological polar surface area (TPSA) is 63.8 Å². The molecule has 2 aromatic heterocycles. The average molecular weight is 234 g/mol. The van der Waals surface area contributed by atoms with E-state index in [1.54, 1.807) is 35.9 Å². The fraction of sp³-hybridized carbons (Fsp3) is 0.333. The first-order valence-electron chi connectivity index (χ1n) is 5.46. The van der Waals surface area contributed by atoms with Gasteiger partial charge in [-0.3, -0.25) is 4.79 Å². The first-order chi connectivity index (χ1) is 8.22. The number of rotatable bonds is 4. The lowest BCUT2D eigenvalue weighted by atomic mass is 10.3. The highest BCUT2D eigenvalue weighted by atomic mass is 16.5. The molecular formula is C12H14N2O3. The lowest BCUT2D eigenvalue weighted by Crippen LogP contribution is -2.07. The highest BCUT2D eigenvalue weighted by Gasteiger charge is 2.08. The first kappa shape index (κ1) is 11.6. The van der Waals surface area contributed by atoms with Gasteiger partial charge in [0.1, 0.15) is 5.65 Å². The molecule has 0 bridgehead atoms. The van der Waals surface area contributed by atoms with Gasteiger partial charge in [0.25, 0.3) is 0 Å². The summed E-state index contributed by atoms with van der Waals surface area (Å²) in [5.41, 5.74) is 2.22. The van der Waals surface area contributed by atoms with Gasteiger partial charge in [-0.15, -0.1) is 0 Å². The van der Waals surface area contributed by atoms with Crippen LogP contribution in [0.3, 0.4) is 0 Å². The van der Waals surface area contributed by atoms with Gasteiger partial charge in [0, 0.05) is 12.4 Å². The highest BCUT2D eigenvalue weighted by Crippen LogP contribution is 2.08. The smallest absolute Gasteiger partial charge is 0.311 e. The fourth-order valence-corrected chi connectivity index (χ4v) is 1.63. The zero-order valence-corrected chi connectivity index (χ0v) is 9.59. The lowest BCUT2D eigenvalue weighted by Gasteiger charge is -1.97. The van der Waals surface area contributed by atoms with E-state index < -0.39 is 0 Å². The Morgan fingerprint density at radius 2 is 2.29 bits per heavy atom. The van der Waals surface area contributed by atoms with Crippen LogP contribution in [-0.2, 0) is 22.6 Å². The van der Waals surface area contributed by atoms with Crippen molar-refractivity contribution >= 4 is 11.6 Å². The number of pyridine rings is 1. The Morgan fingerprint density at radius 1 is 1.47 bits per heavy atom. The number of nitrogens with zero attached hydrogens (tertiary/aromatic N) is 2. The SMILES string of the molecule is CCOC(=O)Cc1cn2cc(CO)ccc2n1. The molecule has 0 unspecified atom stereocenters. The summed E-state index contributed by atoms with van der Waals surface area (Å²) in [6.07, 6.45) is 3.73. The molecule has 0 aliphatic carbocycles. The minimum Gasteiger partial charge on any atom is -0.466 e. The van der Waals surface area contributed by atoms with Crippen molar-refractivity contribution in [3.8, 4) is 0 Å². The highest BCUT2D eigenvalue weighted by molar-refractivity contribution is 5.72. The van der Waals surface area contributed by atoms with Crippen LogP contribution < -0.4 is 0 Å². The summed E-state index contributed by atoms with van der Waals surface area (Å²) in [5, 5.41) is 9.01. The molecule has 90 valence electrons. The second-order valence-electron chi connectivity index (χ2n) is 3.67.